The number of carboxylic acids is 1. The molecule has 0 spiro atoms. The zero-order valence-electron chi connectivity index (χ0n) is 14.6. The molecule has 1 aromatic rings. The maximum absolute atomic E-state index is 12.2. The average molecular weight is 369 g/mol. The Kier molecular flexibility index (Phi) is 7.37. The summed E-state index contributed by atoms with van der Waals surface area (Å²) in [6.07, 6.45) is 2.85. The number of nitrogens with zero attached hydrogens (tertiary/aromatic N) is 2. The SMILES string of the molecule is CN(CC(=O)O)C1CCCN(CCNS(=O)(=O)c2ccccc2)CC1. The van der Waals surface area contributed by atoms with Crippen LogP contribution in [0.3, 0.4) is 0 Å². The first-order valence-electron chi connectivity index (χ1n) is 8.57. The van der Waals surface area contributed by atoms with Gasteiger partial charge in [0, 0.05) is 19.1 Å². The van der Waals surface area contributed by atoms with Crippen LogP contribution in [0.5, 0.6) is 0 Å². The van der Waals surface area contributed by atoms with Crippen molar-refractivity contribution in [2.45, 2.75) is 30.2 Å². The molecule has 1 aliphatic heterocycles. The molecule has 1 aromatic carbocycles. The number of likely N-dealkylation sites (tertiary alicyclic amines) is 1. The van der Waals surface area contributed by atoms with Crippen LogP contribution in [0.2, 0.25) is 0 Å². The highest BCUT2D eigenvalue weighted by molar-refractivity contribution is 7.89. The summed E-state index contributed by atoms with van der Waals surface area (Å²) in [5, 5.41) is 8.91. The second kappa shape index (κ2) is 9.28. The molecule has 0 bridgehead atoms. The van der Waals surface area contributed by atoms with Gasteiger partial charge in [0.15, 0.2) is 0 Å². The molecule has 0 aliphatic carbocycles. The van der Waals surface area contributed by atoms with Gasteiger partial charge in [0.25, 0.3) is 0 Å². The van der Waals surface area contributed by atoms with Gasteiger partial charge in [0.1, 0.15) is 0 Å². The van der Waals surface area contributed by atoms with Crippen molar-refractivity contribution < 1.29 is 18.3 Å². The van der Waals surface area contributed by atoms with Crippen LogP contribution < -0.4 is 4.72 Å². The maximum Gasteiger partial charge on any atom is 0.317 e. The molecule has 0 amide bonds. The molecule has 1 unspecified atom stereocenters. The number of benzene rings is 1. The van der Waals surface area contributed by atoms with Gasteiger partial charge in [0.2, 0.25) is 10.0 Å². The van der Waals surface area contributed by atoms with Gasteiger partial charge in [-0.2, -0.15) is 0 Å². The van der Waals surface area contributed by atoms with Crippen molar-refractivity contribution in [3.8, 4) is 0 Å². The summed E-state index contributed by atoms with van der Waals surface area (Å²) < 4.78 is 27.0. The lowest BCUT2D eigenvalue weighted by Gasteiger charge is -2.25. The van der Waals surface area contributed by atoms with E-state index in [9.17, 15) is 13.2 Å². The molecule has 7 nitrogen and oxygen atoms in total. The molecule has 0 aromatic heterocycles. The molecular weight excluding hydrogens is 342 g/mol. The minimum absolute atomic E-state index is 0.0571. The van der Waals surface area contributed by atoms with Gasteiger partial charge in [-0.1, -0.05) is 18.2 Å². The Balaban J connectivity index is 1.78. The molecule has 140 valence electrons. The third-order valence-electron chi connectivity index (χ3n) is 4.57. The van der Waals surface area contributed by atoms with E-state index in [1.807, 2.05) is 11.9 Å². The van der Waals surface area contributed by atoms with Gasteiger partial charge < -0.3 is 10.0 Å². The lowest BCUT2D eigenvalue weighted by molar-refractivity contribution is -0.138. The van der Waals surface area contributed by atoms with Crippen LogP contribution in [0.25, 0.3) is 0 Å². The number of carboxylic acid groups (broad SMARTS) is 1. The van der Waals surface area contributed by atoms with E-state index in [-0.39, 0.29) is 17.5 Å². The largest absolute Gasteiger partial charge is 0.480 e. The number of carbonyl (C=O) groups is 1. The molecule has 1 fully saturated rings. The summed E-state index contributed by atoms with van der Waals surface area (Å²) in [5.41, 5.74) is 0. The van der Waals surface area contributed by atoms with E-state index in [0.29, 0.717) is 13.1 Å². The van der Waals surface area contributed by atoms with Crippen molar-refractivity contribution in [1.82, 2.24) is 14.5 Å². The lowest BCUT2D eigenvalue weighted by Crippen LogP contribution is -2.38. The summed E-state index contributed by atoms with van der Waals surface area (Å²) in [5.74, 6) is -0.807. The van der Waals surface area contributed by atoms with Gasteiger partial charge in [-0.25, -0.2) is 13.1 Å². The number of aliphatic carboxylic acids is 1. The van der Waals surface area contributed by atoms with E-state index in [0.717, 1.165) is 32.4 Å². The zero-order valence-corrected chi connectivity index (χ0v) is 15.4. The molecule has 1 atom stereocenters. The highest BCUT2D eigenvalue weighted by Crippen LogP contribution is 2.15. The first-order chi connectivity index (χ1) is 11.9. The lowest BCUT2D eigenvalue weighted by atomic mass is 10.1. The minimum atomic E-state index is -3.46. The number of rotatable bonds is 8. The highest BCUT2D eigenvalue weighted by Gasteiger charge is 2.22. The third-order valence-corrected chi connectivity index (χ3v) is 6.05. The first-order valence-corrected chi connectivity index (χ1v) is 10.1. The van der Waals surface area contributed by atoms with Crippen molar-refractivity contribution in [3.05, 3.63) is 30.3 Å². The topological polar surface area (TPSA) is 90.0 Å². The number of nitrogens with one attached hydrogen (secondary N) is 1. The second-order valence-electron chi connectivity index (χ2n) is 6.45. The van der Waals surface area contributed by atoms with E-state index in [2.05, 4.69) is 9.62 Å². The van der Waals surface area contributed by atoms with E-state index < -0.39 is 16.0 Å². The standard InChI is InChI=1S/C17H27N3O4S/c1-19(14-17(21)22)15-6-5-11-20(12-9-15)13-10-18-25(23,24)16-7-3-2-4-8-16/h2-4,7-8,15,18H,5-6,9-14H2,1H3,(H,21,22). The number of hydrogen-bond donors (Lipinski definition) is 2. The molecule has 25 heavy (non-hydrogen) atoms. The van der Waals surface area contributed by atoms with Crippen LogP contribution in [0, 0.1) is 0 Å². The van der Waals surface area contributed by atoms with Gasteiger partial charge in [-0.3, -0.25) is 9.69 Å². The van der Waals surface area contributed by atoms with Crippen molar-refractivity contribution in [3.63, 3.8) is 0 Å². The fourth-order valence-corrected chi connectivity index (χ4v) is 4.21. The minimum Gasteiger partial charge on any atom is -0.480 e. The van der Waals surface area contributed by atoms with E-state index in [1.54, 1.807) is 30.3 Å². The van der Waals surface area contributed by atoms with Crippen LogP contribution >= 0.6 is 0 Å². The molecule has 1 heterocycles. The van der Waals surface area contributed by atoms with E-state index >= 15 is 0 Å². The van der Waals surface area contributed by atoms with Crippen molar-refractivity contribution in [2.75, 3.05) is 39.8 Å². The molecule has 8 heteroatoms. The molecule has 1 saturated heterocycles. The van der Waals surface area contributed by atoms with E-state index in [4.69, 9.17) is 5.11 Å². The predicted molar refractivity (Wildman–Crippen MR) is 96.0 cm³/mol. The smallest absolute Gasteiger partial charge is 0.317 e. The maximum atomic E-state index is 12.2. The zero-order chi connectivity index (χ0) is 18.3. The average Bonchev–Trinajstić information content (AvgIpc) is 2.81. The fraction of sp³-hybridized carbons (Fsp3) is 0.588. The Morgan fingerprint density at radius 3 is 2.68 bits per heavy atom. The number of likely N-dealkylation sites (N-methyl/N-ethyl adjacent to an activating group) is 1. The van der Waals surface area contributed by atoms with Crippen LogP contribution in [-0.4, -0.2) is 75.1 Å². The summed E-state index contributed by atoms with van der Waals surface area (Å²) in [7, 11) is -1.61. The molecular formula is C17H27N3O4S. The normalized spacial score (nSPS) is 19.7. The van der Waals surface area contributed by atoms with E-state index in [1.165, 1.54) is 0 Å². The predicted octanol–water partition coefficient (Wildman–Crippen LogP) is 0.836. The first kappa shape index (κ1) is 19.8. The third kappa shape index (κ3) is 6.39. The Morgan fingerprint density at radius 2 is 2.00 bits per heavy atom. The van der Waals surface area contributed by atoms with Crippen molar-refractivity contribution >= 4 is 16.0 Å². The summed E-state index contributed by atoms with van der Waals surface area (Å²) in [4.78, 5) is 15.2. The number of sulfonamides is 1. The van der Waals surface area contributed by atoms with Crippen LogP contribution in [0.1, 0.15) is 19.3 Å². The van der Waals surface area contributed by atoms with Gasteiger partial charge >= 0.3 is 5.97 Å². The Bertz CT molecular complexity index is 651. The van der Waals surface area contributed by atoms with Crippen LogP contribution in [0.4, 0.5) is 0 Å². The van der Waals surface area contributed by atoms with Crippen LogP contribution in [0.15, 0.2) is 35.2 Å². The summed E-state index contributed by atoms with van der Waals surface area (Å²) >= 11 is 0. The van der Waals surface area contributed by atoms with Crippen molar-refractivity contribution in [2.24, 2.45) is 0 Å². The van der Waals surface area contributed by atoms with Crippen molar-refractivity contribution in [1.29, 1.82) is 0 Å². The van der Waals surface area contributed by atoms with Crippen LogP contribution in [-0.2, 0) is 14.8 Å². The number of hydrogen-bond acceptors (Lipinski definition) is 5. The fourth-order valence-electron chi connectivity index (χ4n) is 3.17. The molecule has 2 rings (SSSR count). The molecule has 1 aliphatic rings. The molecule has 0 radical (unpaired) electrons. The van der Waals surface area contributed by atoms with Gasteiger partial charge in [-0.15, -0.1) is 0 Å². The Morgan fingerprint density at radius 1 is 1.28 bits per heavy atom. The molecule has 0 saturated carbocycles. The molecule has 2 N–H and O–H groups in total. The highest BCUT2D eigenvalue weighted by atomic mass is 32.2. The Labute approximate surface area is 149 Å². The second-order valence-corrected chi connectivity index (χ2v) is 8.21. The summed E-state index contributed by atoms with van der Waals surface area (Å²) in [6, 6.07) is 8.62. The monoisotopic (exact) mass is 369 g/mol. The van der Waals surface area contributed by atoms with Gasteiger partial charge in [-0.05, 0) is 51.5 Å². The van der Waals surface area contributed by atoms with Gasteiger partial charge in [0.05, 0.1) is 11.4 Å². The quantitative estimate of drug-likeness (QED) is 0.706. The Hall–Kier alpha value is -1.48. The summed E-state index contributed by atoms with van der Waals surface area (Å²) in [6.45, 7) is 2.84.